The van der Waals surface area contributed by atoms with Gasteiger partial charge in [-0.15, -0.1) is 0 Å². The summed E-state index contributed by atoms with van der Waals surface area (Å²) in [4.78, 5) is 17.3. The Kier molecular flexibility index (Phi) is 7.35. The molecule has 10 heteroatoms. The number of carbonyl (C=O) groups is 1. The van der Waals surface area contributed by atoms with Gasteiger partial charge in [0.2, 0.25) is 0 Å². The number of amides is 1. The Labute approximate surface area is 215 Å². The van der Waals surface area contributed by atoms with E-state index in [1.54, 1.807) is 35.9 Å². The Bertz CT molecular complexity index is 1290. The second-order valence-corrected chi connectivity index (χ2v) is 9.21. The fraction of sp³-hybridized carbons (Fsp3) is 0.370. The first-order valence-corrected chi connectivity index (χ1v) is 12.4. The van der Waals surface area contributed by atoms with Crippen molar-refractivity contribution in [2.45, 2.75) is 25.8 Å². The maximum atomic E-state index is 13.2. The third-order valence-corrected chi connectivity index (χ3v) is 6.96. The Morgan fingerprint density at radius 1 is 1.14 bits per heavy atom. The van der Waals surface area contributed by atoms with Crippen molar-refractivity contribution in [2.24, 2.45) is 0 Å². The highest BCUT2D eigenvalue weighted by Crippen LogP contribution is 2.27. The molecule has 0 spiro atoms. The molecular weight excluding hydrogens is 475 g/mol. The van der Waals surface area contributed by atoms with Crippen LogP contribution < -0.4 is 15.0 Å². The van der Waals surface area contributed by atoms with E-state index in [0.29, 0.717) is 28.7 Å². The molecule has 2 aliphatic rings. The van der Waals surface area contributed by atoms with Crippen LogP contribution in [-0.4, -0.2) is 66.2 Å². The number of halogens is 1. The molecule has 1 aromatic heterocycles. The molecule has 2 fully saturated rings. The van der Waals surface area contributed by atoms with E-state index in [-0.39, 0.29) is 11.6 Å². The van der Waals surface area contributed by atoms with Gasteiger partial charge in [-0.2, -0.15) is 10.4 Å². The van der Waals surface area contributed by atoms with Crippen LogP contribution in [0.1, 0.15) is 24.1 Å². The van der Waals surface area contributed by atoms with Crippen LogP contribution in [0.15, 0.2) is 48.7 Å². The van der Waals surface area contributed by atoms with E-state index in [2.05, 4.69) is 26.3 Å². The summed E-state index contributed by atoms with van der Waals surface area (Å²) in [5.74, 6) is -0.0641. The van der Waals surface area contributed by atoms with Gasteiger partial charge in [0, 0.05) is 51.1 Å². The highest BCUT2D eigenvalue weighted by atomic mass is 19.1. The number of aromatic nitrogens is 2. The zero-order chi connectivity index (χ0) is 25.8. The lowest BCUT2D eigenvalue weighted by Crippen LogP contribution is -2.51. The summed E-state index contributed by atoms with van der Waals surface area (Å²) in [6.45, 7) is 7.01. The van der Waals surface area contributed by atoms with E-state index in [1.165, 1.54) is 18.3 Å². The molecule has 1 N–H and O–H groups in total. The second kappa shape index (κ2) is 11.0. The number of nitriles is 1. The number of nitrogens with one attached hydrogen (secondary N) is 1. The minimum absolute atomic E-state index is 0.279. The summed E-state index contributed by atoms with van der Waals surface area (Å²) in [5.41, 5.74) is 3.07. The molecular formula is C27H29FN6O3. The fourth-order valence-corrected chi connectivity index (χ4v) is 4.94. The quantitative estimate of drug-likeness (QED) is 0.559. The van der Waals surface area contributed by atoms with E-state index < -0.39 is 6.09 Å². The van der Waals surface area contributed by atoms with E-state index in [9.17, 15) is 14.4 Å². The van der Waals surface area contributed by atoms with Crippen LogP contribution >= 0.6 is 0 Å². The number of carbonyl (C=O) groups excluding carboxylic acids is 1. The summed E-state index contributed by atoms with van der Waals surface area (Å²) >= 11 is 0. The molecule has 2 aromatic carbocycles. The lowest BCUT2D eigenvalue weighted by molar-refractivity contribution is 0.0321. The molecule has 0 radical (unpaired) electrons. The topological polar surface area (TPSA) is 95.7 Å². The zero-order valence-corrected chi connectivity index (χ0v) is 20.7. The summed E-state index contributed by atoms with van der Waals surface area (Å²) in [5, 5.41) is 16.7. The van der Waals surface area contributed by atoms with Crippen molar-refractivity contribution in [3.8, 4) is 17.5 Å². The largest absolute Gasteiger partial charge is 0.417 e. The third kappa shape index (κ3) is 5.58. The first-order chi connectivity index (χ1) is 18.0. The van der Waals surface area contributed by atoms with Gasteiger partial charge in [0.15, 0.2) is 5.75 Å². The Hall–Kier alpha value is -3.94. The number of rotatable bonds is 5. The SMILES string of the molecule is Cc1c(OC(=O)Nc2ccc(N3CCN(C4CCOCC4)CC3)c(C#N)c2)cnn1-c1ccc(F)cc1. The van der Waals surface area contributed by atoms with E-state index in [0.717, 1.165) is 57.9 Å². The van der Waals surface area contributed by atoms with Crippen LogP contribution in [0.3, 0.4) is 0 Å². The number of hydrogen-bond acceptors (Lipinski definition) is 7. The van der Waals surface area contributed by atoms with Gasteiger partial charge in [-0.3, -0.25) is 10.2 Å². The minimum Gasteiger partial charge on any atom is -0.406 e. The van der Waals surface area contributed by atoms with Crippen molar-refractivity contribution in [2.75, 3.05) is 49.6 Å². The lowest BCUT2D eigenvalue weighted by atomic mass is 10.1. The van der Waals surface area contributed by atoms with Gasteiger partial charge in [-0.1, -0.05) is 0 Å². The Morgan fingerprint density at radius 2 is 1.86 bits per heavy atom. The molecule has 2 aliphatic heterocycles. The fourth-order valence-electron chi connectivity index (χ4n) is 4.94. The molecule has 9 nitrogen and oxygen atoms in total. The molecule has 3 heterocycles. The van der Waals surface area contributed by atoms with Crippen molar-refractivity contribution < 1.29 is 18.7 Å². The number of piperazine rings is 1. The molecule has 0 unspecified atom stereocenters. The molecule has 192 valence electrons. The van der Waals surface area contributed by atoms with Gasteiger partial charge in [0.25, 0.3) is 0 Å². The summed E-state index contributed by atoms with van der Waals surface area (Å²) in [6.07, 6.45) is 2.89. The molecule has 3 aromatic rings. The Morgan fingerprint density at radius 3 is 2.57 bits per heavy atom. The first kappa shape index (κ1) is 24.7. The van der Waals surface area contributed by atoms with E-state index in [1.807, 2.05) is 6.07 Å². The summed E-state index contributed by atoms with van der Waals surface area (Å²) < 4.78 is 25.7. The van der Waals surface area contributed by atoms with Crippen LogP contribution in [0.2, 0.25) is 0 Å². The van der Waals surface area contributed by atoms with Crippen molar-refractivity contribution in [1.82, 2.24) is 14.7 Å². The van der Waals surface area contributed by atoms with Crippen LogP contribution in [0.4, 0.5) is 20.6 Å². The highest BCUT2D eigenvalue weighted by molar-refractivity contribution is 5.87. The number of nitrogens with zero attached hydrogens (tertiary/aromatic N) is 5. The second-order valence-electron chi connectivity index (χ2n) is 9.21. The van der Waals surface area contributed by atoms with Crippen LogP contribution in [0.25, 0.3) is 5.69 Å². The molecule has 0 bridgehead atoms. The third-order valence-electron chi connectivity index (χ3n) is 6.96. The smallest absolute Gasteiger partial charge is 0.406 e. The van der Waals surface area contributed by atoms with Crippen molar-refractivity contribution in [1.29, 1.82) is 5.26 Å². The van der Waals surface area contributed by atoms with Gasteiger partial charge in [-0.25, -0.2) is 13.9 Å². The highest BCUT2D eigenvalue weighted by Gasteiger charge is 2.26. The monoisotopic (exact) mass is 504 g/mol. The predicted molar refractivity (Wildman–Crippen MR) is 137 cm³/mol. The van der Waals surface area contributed by atoms with E-state index >= 15 is 0 Å². The molecule has 5 rings (SSSR count). The number of benzene rings is 2. The zero-order valence-electron chi connectivity index (χ0n) is 20.7. The summed E-state index contributed by atoms with van der Waals surface area (Å²) in [7, 11) is 0. The van der Waals surface area contributed by atoms with Crippen LogP contribution in [0.5, 0.6) is 5.75 Å². The number of ether oxygens (including phenoxy) is 2. The van der Waals surface area contributed by atoms with Gasteiger partial charge in [-0.05, 0) is 62.2 Å². The predicted octanol–water partition coefficient (Wildman–Crippen LogP) is 4.10. The molecule has 0 aliphatic carbocycles. The normalized spacial score (nSPS) is 16.8. The molecule has 37 heavy (non-hydrogen) atoms. The molecule has 1 amide bonds. The maximum Gasteiger partial charge on any atom is 0.417 e. The maximum absolute atomic E-state index is 13.2. The van der Waals surface area contributed by atoms with Gasteiger partial charge < -0.3 is 14.4 Å². The van der Waals surface area contributed by atoms with Crippen molar-refractivity contribution >= 4 is 17.5 Å². The van der Waals surface area contributed by atoms with Gasteiger partial charge in [0.1, 0.15) is 11.9 Å². The lowest BCUT2D eigenvalue weighted by Gasteiger charge is -2.41. The van der Waals surface area contributed by atoms with Crippen molar-refractivity contribution in [3.63, 3.8) is 0 Å². The van der Waals surface area contributed by atoms with Crippen LogP contribution in [-0.2, 0) is 4.74 Å². The molecule has 0 atom stereocenters. The van der Waals surface area contributed by atoms with Gasteiger partial charge >= 0.3 is 6.09 Å². The average Bonchev–Trinajstić information content (AvgIpc) is 3.29. The number of anilines is 2. The van der Waals surface area contributed by atoms with Gasteiger partial charge in [0.05, 0.1) is 28.8 Å². The average molecular weight is 505 g/mol. The van der Waals surface area contributed by atoms with Crippen LogP contribution in [0, 0.1) is 24.1 Å². The Balaban J connectivity index is 1.20. The minimum atomic E-state index is -0.691. The van der Waals surface area contributed by atoms with E-state index in [4.69, 9.17) is 9.47 Å². The van der Waals surface area contributed by atoms with Crippen molar-refractivity contribution in [3.05, 3.63) is 65.7 Å². The standard InChI is InChI=1S/C27H29FN6O3/c1-19-26(18-30-34(19)24-5-2-21(28)3-6-24)37-27(35)31-22-4-7-25(20(16-22)17-29)33-12-10-32(11-13-33)23-8-14-36-15-9-23/h2-7,16,18,23H,8-15H2,1H3,(H,31,35). The summed E-state index contributed by atoms with van der Waals surface area (Å²) in [6, 6.07) is 14.0. The first-order valence-electron chi connectivity index (χ1n) is 12.4. The number of hydrogen-bond donors (Lipinski definition) is 1. The molecule has 2 saturated heterocycles. The molecule has 0 saturated carbocycles.